The molecule has 0 saturated carbocycles. The zero-order valence-electron chi connectivity index (χ0n) is 13.4. The maximum atomic E-state index is 13.3. The van der Waals surface area contributed by atoms with Crippen LogP contribution in [0.25, 0.3) is 0 Å². The van der Waals surface area contributed by atoms with E-state index in [1.165, 1.54) is 24.3 Å². The Labute approximate surface area is 141 Å². The second-order valence-corrected chi connectivity index (χ2v) is 5.80. The van der Waals surface area contributed by atoms with Gasteiger partial charge in [-0.3, -0.25) is 0 Å². The van der Waals surface area contributed by atoms with Crippen molar-refractivity contribution in [3.05, 3.63) is 70.8 Å². The molecule has 136 valence electrons. The summed E-state index contributed by atoms with van der Waals surface area (Å²) >= 11 is 0. The molecule has 1 nitrogen and oxygen atoms in total. The first-order valence-electron chi connectivity index (χ1n) is 7.40. The maximum Gasteiger partial charge on any atom is 0.418 e. The van der Waals surface area contributed by atoms with Gasteiger partial charge < -0.3 is 4.74 Å². The molecule has 0 spiro atoms. The minimum Gasteiger partial charge on any atom is -0.347 e. The van der Waals surface area contributed by atoms with Crippen molar-refractivity contribution in [3.63, 3.8) is 0 Å². The van der Waals surface area contributed by atoms with Crippen LogP contribution in [-0.4, -0.2) is 12.4 Å². The summed E-state index contributed by atoms with van der Waals surface area (Å²) in [4.78, 5) is 0. The summed E-state index contributed by atoms with van der Waals surface area (Å²) in [6.45, 7) is 3.33. The van der Waals surface area contributed by atoms with Crippen molar-refractivity contribution in [3.8, 4) is 0 Å². The first kappa shape index (κ1) is 19.3. The molecule has 2 atom stereocenters. The molecule has 0 bridgehead atoms. The quantitative estimate of drug-likeness (QED) is 0.586. The SMILES string of the molecule is Cc1ccc(C(OC(c2ccc(C)cc2)C(F)(F)F)C(F)(F)F)cc1. The molecule has 2 aromatic carbocycles. The largest absolute Gasteiger partial charge is 0.418 e. The average Bonchev–Trinajstić information content (AvgIpc) is 2.48. The normalized spacial score (nSPS) is 15.0. The van der Waals surface area contributed by atoms with E-state index in [9.17, 15) is 26.3 Å². The lowest BCUT2D eigenvalue weighted by molar-refractivity contribution is -0.292. The molecule has 0 aliphatic carbocycles. The third kappa shape index (κ3) is 4.98. The van der Waals surface area contributed by atoms with E-state index in [2.05, 4.69) is 4.74 Å². The summed E-state index contributed by atoms with van der Waals surface area (Å²) in [5, 5.41) is 0. The van der Waals surface area contributed by atoms with Crippen LogP contribution >= 0.6 is 0 Å². The molecule has 0 aromatic heterocycles. The molecule has 0 N–H and O–H groups in total. The Morgan fingerprint density at radius 3 is 1.12 bits per heavy atom. The number of rotatable bonds is 4. The second-order valence-electron chi connectivity index (χ2n) is 5.80. The number of hydrogen-bond donors (Lipinski definition) is 0. The van der Waals surface area contributed by atoms with Crippen LogP contribution < -0.4 is 0 Å². The number of hydrogen-bond acceptors (Lipinski definition) is 1. The van der Waals surface area contributed by atoms with Gasteiger partial charge in [0.2, 0.25) is 0 Å². The Hall–Kier alpha value is -2.02. The summed E-state index contributed by atoms with van der Waals surface area (Å²) in [6, 6.07) is 10.1. The minimum atomic E-state index is -4.98. The van der Waals surface area contributed by atoms with E-state index >= 15 is 0 Å². The van der Waals surface area contributed by atoms with Gasteiger partial charge in [-0.05, 0) is 25.0 Å². The van der Waals surface area contributed by atoms with Crippen molar-refractivity contribution in [2.45, 2.75) is 38.4 Å². The molecule has 0 saturated heterocycles. The van der Waals surface area contributed by atoms with Crippen molar-refractivity contribution < 1.29 is 31.1 Å². The van der Waals surface area contributed by atoms with Gasteiger partial charge in [0, 0.05) is 0 Å². The highest BCUT2D eigenvalue weighted by molar-refractivity contribution is 5.26. The fourth-order valence-corrected chi connectivity index (χ4v) is 2.31. The van der Waals surface area contributed by atoms with Gasteiger partial charge in [0.25, 0.3) is 0 Å². The van der Waals surface area contributed by atoms with Crippen molar-refractivity contribution >= 4 is 0 Å². The van der Waals surface area contributed by atoms with Gasteiger partial charge in [-0.25, -0.2) is 0 Å². The lowest BCUT2D eigenvalue weighted by Crippen LogP contribution is -2.31. The highest BCUT2D eigenvalue weighted by atomic mass is 19.4. The van der Waals surface area contributed by atoms with E-state index in [-0.39, 0.29) is 11.1 Å². The molecule has 0 amide bonds. The Bertz CT molecular complexity index is 624. The summed E-state index contributed by atoms with van der Waals surface area (Å²) in [7, 11) is 0. The van der Waals surface area contributed by atoms with E-state index in [1.54, 1.807) is 13.8 Å². The molecule has 2 unspecified atom stereocenters. The molecule has 2 aromatic rings. The molecule has 0 fully saturated rings. The lowest BCUT2D eigenvalue weighted by atomic mass is 10.0. The van der Waals surface area contributed by atoms with Crippen LogP contribution in [0, 0.1) is 13.8 Å². The lowest BCUT2D eigenvalue weighted by Gasteiger charge is -2.28. The van der Waals surface area contributed by atoms with E-state index in [0.717, 1.165) is 24.3 Å². The van der Waals surface area contributed by atoms with Gasteiger partial charge in [-0.2, -0.15) is 26.3 Å². The van der Waals surface area contributed by atoms with Crippen LogP contribution in [0.3, 0.4) is 0 Å². The number of ether oxygens (including phenoxy) is 1. The molecule has 0 aliphatic heterocycles. The van der Waals surface area contributed by atoms with Crippen LogP contribution in [0.2, 0.25) is 0 Å². The summed E-state index contributed by atoms with van der Waals surface area (Å²) in [6.07, 6.45) is -15.3. The first-order chi connectivity index (χ1) is 11.5. The monoisotopic (exact) mass is 362 g/mol. The van der Waals surface area contributed by atoms with Crippen LogP contribution in [0.1, 0.15) is 34.5 Å². The molecule has 0 radical (unpaired) electrons. The zero-order chi connectivity index (χ0) is 18.8. The Morgan fingerprint density at radius 2 is 0.880 bits per heavy atom. The van der Waals surface area contributed by atoms with E-state index in [1.807, 2.05) is 0 Å². The van der Waals surface area contributed by atoms with E-state index < -0.39 is 24.6 Å². The van der Waals surface area contributed by atoms with Gasteiger partial charge in [0.05, 0.1) is 0 Å². The van der Waals surface area contributed by atoms with E-state index in [0.29, 0.717) is 11.1 Å². The van der Waals surface area contributed by atoms with Crippen LogP contribution in [0.15, 0.2) is 48.5 Å². The number of halogens is 6. The van der Waals surface area contributed by atoms with Crippen LogP contribution in [0.5, 0.6) is 0 Å². The second kappa shape index (κ2) is 7.07. The molecule has 25 heavy (non-hydrogen) atoms. The van der Waals surface area contributed by atoms with Gasteiger partial charge >= 0.3 is 12.4 Å². The minimum absolute atomic E-state index is 0.375. The smallest absolute Gasteiger partial charge is 0.347 e. The highest BCUT2D eigenvalue weighted by Gasteiger charge is 2.50. The summed E-state index contributed by atoms with van der Waals surface area (Å²) in [5.74, 6) is 0. The molecular weight excluding hydrogens is 346 g/mol. The molecule has 2 rings (SSSR count). The van der Waals surface area contributed by atoms with Gasteiger partial charge in [-0.1, -0.05) is 59.7 Å². The zero-order valence-corrected chi connectivity index (χ0v) is 13.4. The predicted octanol–water partition coefficient (Wildman–Crippen LogP) is 6.23. The molecule has 7 heteroatoms. The standard InChI is InChI=1S/C18H16F6O/c1-11-3-7-13(8-4-11)15(17(19,20)21)25-16(18(22,23)24)14-9-5-12(2)6-10-14/h3-10,15-16H,1-2H3. The van der Waals surface area contributed by atoms with Crippen molar-refractivity contribution in [1.29, 1.82) is 0 Å². The molecular formula is C18H16F6O. The highest BCUT2D eigenvalue weighted by Crippen LogP contribution is 2.44. The summed E-state index contributed by atoms with van der Waals surface area (Å²) < 4.78 is 84.6. The van der Waals surface area contributed by atoms with Crippen molar-refractivity contribution in [1.82, 2.24) is 0 Å². The average molecular weight is 362 g/mol. The Kier molecular flexibility index (Phi) is 5.46. The van der Waals surface area contributed by atoms with Crippen LogP contribution in [0.4, 0.5) is 26.3 Å². The summed E-state index contributed by atoms with van der Waals surface area (Å²) in [5.41, 5.74) is 0.630. The fourth-order valence-electron chi connectivity index (χ4n) is 2.31. The predicted molar refractivity (Wildman–Crippen MR) is 81.0 cm³/mol. The van der Waals surface area contributed by atoms with Crippen molar-refractivity contribution in [2.75, 3.05) is 0 Å². The van der Waals surface area contributed by atoms with Crippen molar-refractivity contribution in [2.24, 2.45) is 0 Å². The Morgan fingerprint density at radius 1 is 0.600 bits per heavy atom. The third-order valence-electron chi connectivity index (χ3n) is 3.63. The number of alkyl halides is 6. The van der Waals surface area contributed by atoms with Crippen LogP contribution in [-0.2, 0) is 4.74 Å². The van der Waals surface area contributed by atoms with Gasteiger partial charge in [0.1, 0.15) is 0 Å². The molecule has 0 aliphatic rings. The maximum absolute atomic E-state index is 13.3. The third-order valence-corrected chi connectivity index (χ3v) is 3.63. The fraction of sp³-hybridized carbons (Fsp3) is 0.333. The number of benzene rings is 2. The topological polar surface area (TPSA) is 9.23 Å². The number of aryl methyl sites for hydroxylation is 2. The van der Waals surface area contributed by atoms with Gasteiger partial charge in [0.15, 0.2) is 12.2 Å². The van der Waals surface area contributed by atoms with E-state index in [4.69, 9.17) is 0 Å². The molecule has 0 heterocycles. The van der Waals surface area contributed by atoms with Gasteiger partial charge in [-0.15, -0.1) is 0 Å². The Balaban J connectivity index is 2.42. The first-order valence-corrected chi connectivity index (χ1v) is 7.40.